The highest BCUT2D eigenvalue weighted by molar-refractivity contribution is 6.32. The van der Waals surface area contributed by atoms with Crippen LogP contribution in [-0.2, 0) is 6.54 Å². The summed E-state index contributed by atoms with van der Waals surface area (Å²) in [6.45, 7) is 0.414. The molecule has 4 nitrogen and oxygen atoms in total. The predicted molar refractivity (Wildman–Crippen MR) is 92.3 cm³/mol. The van der Waals surface area contributed by atoms with Gasteiger partial charge in [-0.25, -0.2) is 4.98 Å². The zero-order chi connectivity index (χ0) is 16.2. The number of anilines is 1. The van der Waals surface area contributed by atoms with E-state index in [1.807, 2.05) is 36.4 Å². The Bertz CT molecular complexity index is 818. The van der Waals surface area contributed by atoms with Crippen LogP contribution in [0.1, 0.15) is 5.89 Å². The van der Waals surface area contributed by atoms with Crippen molar-refractivity contribution in [2.45, 2.75) is 6.54 Å². The summed E-state index contributed by atoms with van der Waals surface area (Å²) in [5.74, 6) is 1.82. The van der Waals surface area contributed by atoms with Gasteiger partial charge in [0, 0.05) is 10.6 Å². The van der Waals surface area contributed by atoms with Gasteiger partial charge in [0.15, 0.2) is 11.5 Å². The molecule has 0 saturated heterocycles. The maximum Gasteiger partial charge on any atom is 0.214 e. The Balaban J connectivity index is 1.74. The van der Waals surface area contributed by atoms with Crippen molar-refractivity contribution in [3.63, 3.8) is 0 Å². The van der Waals surface area contributed by atoms with Crippen molar-refractivity contribution in [1.29, 1.82) is 0 Å². The predicted octanol–water partition coefficient (Wildman–Crippen LogP) is 5.27. The summed E-state index contributed by atoms with van der Waals surface area (Å²) in [6.07, 6.45) is 1.68. The van der Waals surface area contributed by atoms with E-state index in [0.29, 0.717) is 34.0 Å². The molecule has 3 aromatic rings. The molecular weight excluding hydrogens is 335 g/mol. The molecule has 118 valence electrons. The van der Waals surface area contributed by atoms with Crippen molar-refractivity contribution in [1.82, 2.24) is 4.98 Å². The van der Waals surface area contributed by atoms with Crippen LogP contribution in [0.25, 0.3) is 11.3 Å². The molecule has 0 aliphatic rings. The molecular formula is C17H14Cl2N2O2. The maximum absolute atomic E-state index is 6.09. The first-order chi connectivity index (χ1) is 11.2. The molecule has 23 heavy (non-hydrogen) atoms. The van der Waals surface area contributed by atoms with E-state index in [9.17, 15) is 0 Å². The molecule has 2 aromatic carbocycles. The number of halogens is 2. The Hall–Kier alpha value is -2.17. The quantitative estimate of drug-likeness (QED) is 0.682. The summed E-state index contributed by atoms with van der Waals surface area (Å²) < 4.78 is 11.0. The highest BCUT2D eigenvalue weighted by atomic mass is 35.5. The van der Waals surface area contributed by atoms with Gasteiger partial charge in [0.1, 0.15) is 0 Å². The number of nitrogens with zero attached hydrogens (tertiary/aromatic N) is 1. The van der Waals surface area contributed by atoms with Gasteiger partial charge in [0.25, 0.3) is 0 Å². The lowest BCUT2D eigenvalue weighted by molar-refractivity contribution is 0.416. The van der Waals surface area contributed by atoms with Gasteiger partial charge in [-0.15, -0.1) is 0 Å². The number of benzene rings is 2. The van der Waals surface area contributed by atoms with Crippen LogP contribution in [-0.4, -0.2) is 12.1 Å². The second-order valence-corrected chi connectivity index (χ2v) is 5.65. The molecule has 0 aliphatic heterocycles. The molecule has 1 heterocycles. The number of rotatable bonds is 5. The normalized spacial score (nSPS) is 10.6. The Morgan fingerprint density at radius 1 is 1.17 bits per heavy atom. The van der Waals surface area contributed by atoms with Crippen molar-refractivity contribution < 1.29 is 9.15 Å². The summed E-state index contributed by atoms with van der Waals surface area (Å²) in [5.41, 5.74) is 1.67. The number of hydrogen-bond acceptors (Lipinski definition) is 4. The molecule has 0 unspecified atom stereocenters. The summed E-state index contributed by atoms with van der Waals surface area (Å²) in [7, 11) is 1.58. The summed E-state index contributed by atoms with van der Waals surface area (Å²) in [4.78, 5) is 4.27. The minimum atomic E-state index is 0.414. The van der Waals surface area contributed by atoms with Crippen LogP contribution in [0.15, 0.2) is 53.1 Å². The fraction of sp³-hybridized carbons (Fsp3) is 0.118. The van der Waals surface area contributed by atoms with Crippen LogP contribution in [0, 0.1) is 0 Å². The fourth-order valence-corrected chi connectivity index (χ4v) is 2.64. The van der Waals surface area contributed by atoms with E-state index in [0.717, 1.165) is 11.3 Å². The van der Waals surface area contributed by atoms with Gasteiger partial charge in [-0.3, -0.25) is 0 Å². The van der Waals surface area contributed by atoms with E-state index in [1.54, 1.807) is 19.4 Å². The first-order valence-corrected chi connectivity index (χ1v) is 7.70. The molecule has 0 amide bonds. The molecule has 0 fully saturated rings. The Morgan fingerprint density at radius 3 is 2.78 bits per heavy atom. The third-order valence-electron chi connectivity index (χ3n) is 3.26. The van der Waals surface area contributed by atoms with Crippen LogP contribution in [0.4, 0.5) is 5.69 Å². The molecule has 0 atom stereocenters. The average molecular weight is 349 g/mol. The van der Waals surface area contributed by atoms with E-state index in [2.05, 4.69) is 10.3 Å². The monoisotopic (exact) mass is 348 g/mol. The maximum atomic E-state index is 6.09. The summed E-state index contributed by atoms with van der Waals surface area (Å²) in [5, 5.41) is 4.41. The molecule has 1 N–H and O–H groups in total. The second kappa shape index (κ2) is 6.94. The summed E-state index contributed by atoms with van der Waals surface area (Å²) >= 11 is 12.1. The van der Waals surface area contributed by atoms with Gasteiger partial charge in [-0.2, -0.15) is 0 Å². The number of aromatic nitrogens is 1. The van der Waals surface area contributed by atoms with Gasteiger partial charge in [0.2, 0.25) is 5.89 Å². The highest BCUT2D eigenvalue weighted by Gasteiger charge is 2.10. The molecule has 0 radical (unpaired) electrons. The number of methoxy groups -OCH3 is 1. The van der Waals surface area contributed by atoms with Gasteiger partial charge < -0.3 is 14.5 Å². The number of ether oxygens (including phenoxy) is 1. The number of hydrogen-bond donors (Lipinski definition) is 1. The minimum absolute atomic E-state index is 0.414. The van der Waals surface area contributed by atoms with Crippen molar-refractivity contribution in [3.8, 4) is 17.1 Å². The molecule has 6 heteroatoms. The third kappa shape index (κ3) is 3.60. The van der Waals surface area contributed by atoms with Crippen molar-refractivity contribution in [3.05, 3.63) is 64.6 Å². The van der Waals surface area contributed by atoms with Gasteiger partial charge in [-0.05, 0) is 24.3 Å². The van der Waals surface area contributed by atoms with Crippen LogP contribution in [0.2, 0.25) is 10.0 Å². The topological polar surface area (TPSA) is 47.3 Å². The first kappa shape index (κ1) is 15.7. The Labute approximate surface area is 144 Å². The molecule has 0 spiro atoms. The molecule has 0 bridgehead atoms. The van der Waals surface area contributed by atoms with Gasteiger partial charge in [-0.1, -0.05) is 41.4 Å². The molecule has 0 saturated carbocycles. The second-order valence-electron chi connectivity index (χ2n) is 4.80. The van der Waals surface area contributed by atoms with E-state index in [1.165, 1.54) is 0 Å². The Morgan fingerprint density at radius 2 is 2.00 bits per heavy atom. The summed E-state index contributed by atoms with van der Waals surface area (Å²) in [6, 6.07) is 12.9. The van der Waals surface area contributed by atoms with Crippen molar-refractivity contribution in [2.24, 2.45) is 0 Å². The third-order valence-corrected chi connectivity index (χ3v) is 3.80. The molecule has 3 rings (SSSR count). The smallest absolute Gasteiger partial charge is 0.214 e. The van der Waals surface area contributed by atoms with Crippen molar-refractivity contribution in [2.75, 3.05) is 12.4 Å². The fourth-order valence-electron chi connectivity index (χ4n) is 2.19. The minimum Gasteiger partial charge on any atom is -0.493 e. The van der Waals surface area contributed by atoms with Crippen LogP contribution in [0.5, 0.6) is 5.75 Å². The lowest BCUT2D eigenvalue weighted by Gasteiger charge is -2.10. The number of para-hydroxylation sites is 1. The standard InChI is InChI=1S/C17H14Cl2N2O2/c1-22-17-13(19)6-3-7-14(17)20-10-16-21-9-15(23-16)11-4-2-5-12(18)8-11/h2-9,20H,10H2,1H3. The lowest BCUT2D eigenvalue weighted by Crippen LogP contribution is -2.01. The number of oxazole rings is 1. The zero-order valence-electron chi connectivity index (χ0n) is 12.3. The largest absolute Gasteiger partial charge is 0.493 e. The van der Waals surface area contributed by atoms with Crippen LogP contribution in [0.3, 0.4) is 0 Å². The molecule has 0 aliphatic carbocycles. The van der Waals surface area contributed by atoms with Gasteiger partial charge in [0.05, 0.1) is 30.6 Å². The van der Waals surface area contributed by atoms with E-state index < -0.39 is 0 Å². The van der Waals surface area contributed by atoms with Crippen LogP contribution < -0.4 is 10.1 Å². The van der Waals surface area contributed by atoms with E-state index in [4.69, 9.17) is 32.4 Å². The van der Waals surface area contributed by atoms with E-state index in [-0.39, 0.29) is 0 Å². The van der Waals surface area contributed by atoms with Crippen molar-refractivity contribution >= 4 is 28.9 Å². The Kier molecular flexibility index (Phi) is 4.74. The number of nitrogens with one attached hydrogen (secondary N) is 1. The molecule has 1 aromatic heterocycles. The zero-order valence-corrected chi connectivity index (χ0v) is 13.9. The highest BCUT2D eigenvalue weighted by Crippen LogP contribution is 2.32. The van der Waals surface area contributed by atoms with Crippen LogP contribution >= 0.6 is 23.2 Å². The van der Waals surface area contributed by atoms with E-state index >= 15 is 0 Å². The first-order valence-electron chi connectivity index (χ1n) is 6.94. The SMILES string of the molecule is COc1c(Cl)cccc1NCc1ncc(-c2cccc(Cl)c2)o1. The van der Waals surface area contributed by atoms with Gasteiger partial charge >= 0.3 is 0 Å². The lowest BCUT2D eigenvalue weighted by atomic mass is 10.2. The average Bonchev–Trinajstić information content (AvgIpc) is 3.02.